The molecule has 4 aliphatic rings. The lowest BCUT2D eigenvalue weighted by Gasteiger charge is -2.58. The van der Waals surface area contributed by atoms with E-state index in [1.807, 2.05) is 0 Å². The van der Waals surface area contributed by atoms with Crippen molar-refractivity contribution >= 4 is 0 Å². The fourth-order valence-corrected chi connectivity index (χ4v) is 5.39. The zero-order valence-electron chi connectivity index (χ0n) is 12.5. The largest absolute Gasteiger partial charge is 0.389 e. The Bertz CT molecular complexity index is 334. The molecule has 21 heavy (non-hydrogen) atoms. The fourth-order valence-electron chi connectivity index (χ4n) is 5.39. The summed E-state index contributed by atoms with van der Waals surface area (Å²) in [5, 5.41) is 0. The molecule has 0 aromatic carbocycles. The molecule has 4 saturated carbocycles. The van der Waals surface area contributed by atoms with Crippen LogP contribution in [0.2, 0.25) is 0 Å². The van der Waals surface area contributed by atoms with Crippen LogP contribution < -0.4 is 5.73 Å². The number of ether oxygens (including phenoxy) is 1. The molecule has 0 amide bonds. The summed E-state index contributed by atoms with van der Waals surface area (Å²) >= 11 is 0. The van der Waals surface area contributed by atoms with Gasteiger partial charge in [0.1, 0.15) is 0 Å². The Labute approximate surface area is 124 Å². The van der Waals surface area contributed by atoms with Crippen LogP contribution in [0.3, 0.4) is 0 Å². The quantitative estimate of drug-likeness (QED) is 0.756. The Hall–Kier alpha value is -0.290. The van der Waals surface area contributed by atoms with Gasteiger partial charge in [-0.3, -0.25) is 0 Å². The fraction of sp³-hybridized carbons (Fsp3) is 1.00. The monoisotopic (exact) mass is 305 g/mol. The lowest BCUT2D eigenvalue weighted by atomic mass is 9.48. The molecule has 0 spiro atoms. The zero-order chi connectivity index (χ0) is 15.1. The minimum absolute atomic E-state index is 0.00298. The van der Waals surface area contributed by atoms with Gasteiger partial charge in [-0.25, -0.2) is 0 Å². The van der Waals surface area contributed by atoms with Gasteiger partial charge in [0.2, 0.25) is 0 Å². The Morgan fingerprint density at radius 1 is 1.05 bits per heavy atom. The van der Waals surface area contributed by atoms with Crippen LogP contribution in [0.4, 0.5) is 13.2 Å². The standard InChI is InChI=1S/C16H26F3NO/c17-16(18,19)2-1-3-21-10-14(20)15-7-11-4-12(8-15)6-13(5-11)9-15/h11-14H,1-10,20H2. The second-order valence-electron chi connectivity index (χ2n) is 7.68. The molecule has 5 heteroatoms. The molecule has 4 rings (SSSR count). The Kier molecular flexibility index (Phi) is 4.25. The lowest BCUT2D eigenvalue weighted by molar-refractivity contribution is -0.138. The van der Waals surface area contributed by atoms with E-state index in [1.165, 1.54) is 38.5 Å². The van der Waals surface area contributed by atoms with Crippen LogP contribution in [0.1, 0.15) is 51.4 Å². The lowest BCUT2D eigenvalue weighted by Crippen LogP contribution is -2.56. The summed E-state index contributed by atoms with van der Waals surface area (Å²) in [4.78, 5) is 0. The molecule has 1 atom stereocenters. The predicted octanol–water partition coefficient (Wildman–Crippen LogP) is 3.89. The van der Waals surface area contributed by atoms with Gasteiger partial charge in [-0.1, -0.05) is 0 Å². The zero-order valence-corrected chi connectivity index (χ0v) is 12.5. The van der Waals surface area contributed by atoms with Gasteiger partial charge in [0.25, 0.3) is 0 Å². The van der Waals surface area contributed by atoms with E-state index in [1.54, 1.807) is 0 Å². The Balaban J connectivity index is 1.44. The molecule has 4 aliphatic carbocycles. The van der Waals surface area contributed by atoms with E-state index in [4.69, 9.17) is 10.5 Å². The van der Waals surface area contributed by atoms with E-state index in [-0.39, 0.29) is 24.5 Å². The van der Waals surface area contributed by atoms with E-state index >= 15 is 0 Å². The number of alkyl halides is 3. The van der Waals surface area contributed by atoms with Crippen molar-refractivity contribution in [1.82, 2.24) is 0 Å². The SMILES string of the molecule is NC(COCCCC(F)(F)F)C12CC3CC(CC(C3)C1)C2. The molecule has 0 radical (unpaired) electrons. The van der Waals surface area contributed by atoms with Crippen molar-refractivity contribution in [3.05, 3.63) is 0 Å². The van der Waals surface area contributed by atoms with Crippen LogP contribution >= 0.6 is 0 Å². The van der Waals surface area contributed by atoms with Crippen molar-refractivity contribution in [3.63, 3.8) is 0 Å². The third-order valence-electron chi connectivity index (χ3n) is 5.92. The van der Waals surface area contributed by atoms with Crippen molar-refractivity contribution in [2.45, 2.75) is 63.6 Å². The van der Waals surface area contributed by atoms with Crippen molar-refractivity contribution in [2.75, 3.05) is 13.2 Å². The molecule has 1 unspecified atom stereocenters. The normalized spacial score (nSPS) is 39.7. The number of halogens is 3. The van der Waals surface area contributed by atoms with Crippen LogP contribution in [-0.2, 0) is 4.74 Å². The first-order valence-electron chi connectivity index (χ1n) is 8.26. The van der Waals surface area contributed by atoms with Gasteiger partial charge in [-0.2, -0.15) is 13.2 Å². The molecule has 4 fully saturated rings. The highest BCUT2D eigenvalue weighted by atomic mass is 19.4. The maximum Gasteiger partial charge on any atom is 0.389 e. The first-order valence-corrected chi connectivity index (χ1v) is 8.26. The second kappa shape index (κ2) is 5.73. The minimum atomic E-state index is -4.08. The molecule has 0 aromatic rings. The third kappa shape index (κ3) is 3.55. The van der Waals surface area contributed by atoms with Gasteiger partial charge in [0, 0.05) is 19.1 Å². The summed E-state index contributed by atoms with van der Waals surface area (Å²) in [6.45, 7) is 0.587. The van der Waals surface area contributed by atoms with Gasteiger partial charge in [-0.05, 0) is 68.1 Å². The molecule has 0 aliphatic heterocycles. The van der Waals surface area contributed by atoms with Crippen LogP contribution in [-0.4, -0.2) is 25.4 Å². The predicted molar refractivity (Wildman–Crippen MR) is 74.7 cm³/mol. The number of hydrogen-bond donors (Lipinski definition) is 1. The third-order valence-corrected chi connectivity index (χ3v) is 5.92. The van der Waals surface area contributed by atoms with Gasteiger partial charge in [-0.15, -0.1) is 0 Å². The highest BCUT2D eigenvalue weighted by Gasteiger charge is 2.53. The smallest absolute Gasteiger partial charge is 0.380 e. The second-order valence-corrected chi connectivity index (χ2v) is 7.68. The van der Waals surface area contributed by atoms with Crippen LogP contribution in [0.5, 0.6) is 0 Å². The van der Waals surface area contributed by atoms with E-state index in [2.05, 4.69) is 0 Å². The van der Waals surface area contributed by atoms with Crippen molar-refractivity contribution in [2.24, 2.45) is 28.9 Å². The average Bonchev–Trinajstić information content (AvgIpc) is 2.35. The number of rotatable bonds is 6. The molecule has 4 bridgehead atoms. The van der Waals surface area contributed by atoms with Crippen LogP contribution in [0.25, 0.3) is 0 Å². The highest BCUT2D eigenvalue weighted by Crippen LogP contribution is 2.60. The summed E-state index contributed by atoms with van der Waals surface area (Å²) in [5.41, 5.74) is 6.61. The summed E-state index contributed by atoms with van der Waals surface area (Å²) in [6.07, 6.45) is 2.96. The van der Waals surface area contributed by atoms with E-state index in [0.717, 1.165) is 17.8 Å². The van der Waals surface area contributed by atoms with Crippen LogP contribution in [0.15, 0.2) is 0 Å². The van der Waals surface area contributed by atoms with E-state index < -0.39 is 12.6 Å². The molecule has 0 aromatic heterocycles. The maximum absolute atomic E-state index is 12.1. The van der Waals surface area contributed by atoms with Crippen molar-refractivity contribution < 1.29 is 17.9 Å². The molecule has 122 valence electrons. The molecular weight excluding hydrogens is 279 g/mol. The topological polar surface area (TPSA) is 35.2 Å². The van der Waals surface area contributed by atoms with Gasteiger partial charge in [0.15, 0.2) is 0 Å². The minimum Gasteiger partial charge on any atom is -0.380 e. The summed E-state index contributed by atoms with van der Waals surface area (Å²) in [5.74, 6) is 2.52. The van der Waals surface area contributed by atoms with Gasteiger partial charge < -0.3 is 10.5 Å². The van der Waals surface area contributed by atoms with Crippen molar-refractivity contribution in [1.29, 1.82) is 0 Å². The Morgan fingerprint density at radius 3 is 2.05 bits per heavy atom. The summed E-state index contributed by atoms with van der Waals surface area (Å²) < 4.78 is 41.7. The molecule has 0 saturated heterocycles. The van der Waals surface area contributed by atoms with Crippen molar-refractivity contribution in [3.8, 4) is 0 Å². The first-order chi connectivity index (χ1) is 9.86. The van der Waals surface area contributed by atoms with E-state index in [9.17, 15) is 13.2 Å². The Morgan fingerprint density at radius 2 is 1.57 bits per heavy atom. The average molecular weight is 305 g/mol. The molecular formula is C16H26F3NO. The highest BCUT2D eigenvalue weighted by molar-refractivity contribution is 5.05. The van der Waals surface area contributed by atoms with Gasteiger partial charge >= 0.3 is 6.18 Å². The molecule has 0 heterocycles. The van der Waals surface area contributed by atoms with E-state index in [0.29, 0.717) is 6.61 Å². The summed E-state index contributed by atoms with van der Waals surface area (Å²) in [6, 6.07) is -0.00298. The molecule has 2 N–H and O–H groups in total. The van der Waals surface area contributed by atoms with Gasteiger partial charge in [0.05, 0.1) is 6.61 Å². The molecule has 2 nitrogen and oxygen atoms in total. The number of nitrogens with two attached hydrogens (primary N) is 1. The summed E-state index contributed by atoms with van der Waals surface area (Å²) in [7, 11) is 0. The van der Waals surface area contributed by atoms with Crippen LogP contribution in [0, 0.1) is 23.2 Å². The maximum atomic E-state index is 12.1. The number of hydrogen-bond acceptors (Lipinski definition) is 2. The first kappa shape index (κ1) is 15.6.